The van der Waals surface area contributed by atoms with Crippen LogP contribution in [0.3, 0.4) is 0 Å². The van der Waals surface area contributed by atoms with Crippen LogP contribution >= 0.6 is 0 Å². The average molecular weight is 396 g/mol. The minimum absolute atomic E-state index is 0.123. The molecular formula is C22H29N5O2. The van der Waals surface area contributed by atoms with E-state index in [4.69, 9.17) is 0 Å². The molecule has 0 aliphatic carbocycles. The summed E-state index contributed by atoms with van der Waals surface area (Å²) >= 11 is 0. The van der Waals surface area contributed by atoms with Gasteiger partial charge in [0.05, 0.1) is 6.42 Å². The van der Waals surface area contributed by atoms with Crippen LogP contribution in [0.4, 0.5) is 0 Å². The largest absolute Gasteiger partial charge is 0.342 e. The van der Waals surface area contributed by atoms with Crippen molar-refractivity contribution in [3.05, 3.63) is 47.0 Å². The van der Waals surface area contributed by atoms with E-state index >= 15 is 0 Å². The zero-order valence-electron chi connectivity index (χ0n) is 17.3. The van der Waals surface area contributed by atoms with Crippen LogP contribution in [0.15, 0.2) is 24.3 Å². The number of amides is 2. The Morgan fingerprint density at radius 1 is 1.10 bits per heavy atom. The number of rotatable bonds is 3. The van der Waals surface area contributed by atoms with Crippen LogP contribution in [0.5, 0.6) is 0 Å². The normalized spacial score (nSPS) is 19.6. The fraction of sp³-hybridized carbons (Fsp3) is 0.545. The summed E-state index contributed by atoms with van der Waals surface area (Å²) in [6.07, 6.45) is 3.17. The van der Waals surface area contributed by atoms with Crippen LogP contribution in [0.25, 0.3) is 0 Å². The molecule has 154 valence electrons. The molecule has 1 aromatic heterocycles. The van der Waals surface area contributed by atoms with Crippen molar-refractivity contribution >= 4 is 11.8 Å². The number of carbonyl (C=O) groups is 2. The molecule has 0 saturated carbocycles. The first kappa shape index (κ1) is 19.6. The van der Waals surface area contributed by atoms with E-state index in [1.165, 1.54) is 5.56 Å². The Morgan fingerprint density at radius 3 is 2.76 bits per heavy atom. The molecule has 0 unspecified atom stereocenters. The highest BCUT2D eigenvalue weighted by molar-refractivity contribution is 5.78. The highest BCUT2D eigenvalue weighted by atomic mass is 16.2. The molecule has 4 rings (SSSR count). The van der Waals surface area contributed by atoms with Crippen LogP contribution in [0.2, 0.25) is 0 Å². The summed E-state index contributed by atoms with van der Waals surface area (Å²) < 4.78 is 2.19. The number of fused-ring (bicyclic) bond motifs is 1. The zero-order valence-corrected chi connectivity index (χ0v) is 17.3. The molecule has 0 spiro atoms. The molecule has 7 nitrogen and oxygen atoms in total. The minimum atomic E-state index is 0.123. The summed E-state index contributed by atoms with van der Waals surface area (Å²) in [6.45, 7) is 7.28. The van der Waals surface area contributed by atoms with Crippen molar-refractivity contribution in [2.75, 3.05) is 26.2 Å². The Balaban J connectivity index is 1.43. The molecule has 2 amide bonds. The number of piperidine rings is 1. The van der Waals surface area contributed by atoms with Crippen molar-refractivity contribution in [2.24, 2.45) is 0 Å². The van der Waals surface area contributed by atoms with E-state index in [1.54, 1.807) is 6.92 Å². The first-order chi connectivity index (χ1) is 14.0. The van der Waals surface area contributed by atoms with Gasteiger partial charge in [0.2, 0.25) is 11.8 Å². The second kappa shape index (κ2) is 8.35. The summed E-state index contributed by atoms with van der Waals surface area (Å²) in [5.74, 6) is 2.43. The van der Waals surface area contributed by atoms with Gasteiger partial charge in [0.1, 0.15) is 11.6 Å². The summed E-state index contributed by atoms with van der Waals surface area (Å²) in [7, 11) is 0. The molecule has 1 fully saturated rings. The van der Waals surface area contributed by atoms with E-state index in [2.05, 4.69) is 20.8 Å². The second-order valence-electron chi connectivity index (χ2n) is 8.23. The quantitative estimate of drug-likeness (QED) is 0.796. The maximum atomic E-state index is 12.8. The maximum absolute atomic E-state index is 12.8. The van der Waals surface area contributed by atoms with Gasteiger partial charge in [-0.05, 0) is 25.3 Å². The van der Waals surface area contributed by atoms with Crippen molar-refractivity contribution < 1.29 is 9.59 Å². The van der Waals surface area contributed by atoms with Gasteiger partial charge < -0.3 is 14.4 Å². The fourth-order valence-corrected chi connectivity index (χ4v) is 4.48. The first-order valence-electron chi connectivity index (χ1n) is 10.5. The third-order valence-electron chi connectivity index (χ3n) is 6.08. The van der Waals surface area contributed by atoms with E-state index < -0.39 is 0 Å². The summed E-state index contributed by atoms with van der Waals surface area (Å²) in [5, 5.41) is 8.90. The van der Waals surface area contributed by atoms with Gasteiger partial charge >= 0.3 is 0 Å². The Hall–Kier alpha value is -2.70. The Morgan fingerprint density at radius 2 is 1.97 bits per heavy atom. The van der Waals surface area contributed by atoms with Crippen LogP contribution in [0.1, 0.15) is 48.5 Å². The predicted octanol–water partition coefficient (Wildman–Crippen LogP) is 1.94. The lowest BCUT2D eigenvalue weighted by Crippen LogP contribution is -2.38. The highest BCUT2D eigenvalue weighted by Crippen LogP contribution is 2.27. The van der Waals surface area contributed by atoms with Gasteiger partial charge in [0, 0.05) is 52.0 Å². The lowest BCUT2D eigenvalue weighted by Gasteiger charge is -2.31. The third kappa shape index (κ3) is 4.33. The number of hydrogen-bond donors (Lipinski definition) is 0. The van der Waals surface area contributed by atoms with E-state index in [0.717, 1.165) is 43.0 Å². The fourth-order valence-electron chi connectivity index (χ4n) is 4.48. The van der Waals surface area contributed by atoms with Gasteiger partial charge in [-0.25, -0.2) is 0 Å². The predicted molar refractivity (Wildman–Crippen MR) is 109 cm³/mol. The number of carbonyl (C=O) groups excluding carboxylic acids is 2. The standard InChI is InChI=1S/C22H29N5O2/c1-16-5-3-6-18(13-16)14-21(29)25-10-8-20-23-24-22(27(20)12-11-25)19-7-4-9-26(15-19)17(2)28/h3,5-6,13,19H,4,7-12,14-15H2,1-2H3/t19-/m0/s1. The first-order valence-corrected chi connectivity index (χ1v) is 10.5. The van der Waals surface area contributed by atoms with Crippen molar-refractivity contribution in [3.63, 3.8) is 0 Å². The molecule has 0 radical (unpaired) electrons. The molecule has 2 aliphatic heterocycles. The minimum Gasteiger partial charge on any atom is -0.342 e. The lowest BCUT2D eigenvalue weighted by molar-refractivity contribution is -0.131. The molecule has 29 heavy (non-hydrogen) atoms. The Bertz CT molecular complexity index is 906. The number of hydrogen-bond acceptors (Lipinski definition) is 4. The molecule has 1 atom stereocenters. The van der Waals surface area contributed by atoms with E-state index in [-0.39, 0.29) is 17.7 Å². The number of likely N-dealkylation sites (tertiary alicyclic amines) is 1. The summed E-state index contributed by atoms with van der Waals surface area (Å²) in [6, 6.07) is 8.14. The third-order valence-corrected chi connectivity index (χ3v) is 6.08. The molecule has 0 N–H and O–H groups in total. The smallest absolute Gasteiger partial charge is 0.227 e. The van der Waals surface area contributed by atoms with Crippen molar-refractivity contribution in [1.29, 1.82) is 0 Å². The van der Waals surface area contributed by atoms with E-state index in [9.17, 15) is 9.59 Å². The second-order valence-corrected chi connectivity index (χ2v) is 8.23. The van der Waals surface area contributed by atoms with E-state index in [0.29, 0.717) is 32.6 Å². The van der Waals surface area contributed by atoms with Crippen LogP contribution in [0, 0.1) is 6.92 Å². The summed E-state index contributed by atoms with van der Waals surface area (Å²) in [5.41, 5.74) is 2.24. The maximum Gasteiger partial charge on any atom is 0.227 e. The van der Waals surface area contributed by atoms with Crippen LogP contribution in [-0.2, 0) is 29.0 Å². The molecule has 0 bridgehead atoms. The number of aromatic nitrogens is 3. The number of benzene rings is 1. The average Bonchev–Trinajstić information content (AvgIpc) is 2.99. The number of aryl methyl sites for hydroxylation is 1. The van der Waals surface area contributed by atoms with Gasteiger partial charge in [0.15, 0.2) is 0 Å². The van der Waals surface area contributed by atoms with Crippen LogP contribution in [-0.4, -0.2) is 62.6 Å². The van der Waals surface area contributed by atoms with Gasteiger partial charge in [-0.2, -0.15) is 0 Å². The topological polar surface area (TPSA) is 71.3 Å². The molecular weight excluding hydrogens is 366 g/mol. The highest BCUT2D eigenvalue weighted by Gasteiger charge is 2.29. The molecule has 1 saturated heterocycles. The van der Waals surface area contributed by atoms with Crippen LogP contribution < -0.4 is 0 Å². The van der Waals surface area contributed by atoms with Crippen molar-refractivity contribution in [3.8, 4) is 0 Å². The monoisotopic (exact) mass is 395 g/mol. The molecule has 2 aliphatic rings. The van der Waals surface area contributed by atoms with Gasteiger partial charge in [-0.1, -0.05) is 29.8 Å². The van der Waals surface area contributed by atoms with Gasteiger partial charge in [-0.3, -0.25) is 9.59 Å². The van der Waals surface area contributed by atoms with Crippen molar-refractivity contribution in [1.82, 2.24) is 24.6 Å². The Labute approximate surface area is 171 Å². The van der Waals surface area contributed by atoms with Crippen molar-refractivity contribution in [2.45, 2.75) is 52.0 Å². The molecule has 7 heteroatoms. The molecule has 3 heterocycles. The molecule has 2 aromatic rings. The zero-order chi connectivity index (χ0) is 20.4. The Kier molecular flexibility index (Phi) is 5.65. The van der Waals surface area contributed by atoms with Gasteiger partial charge in [0.25, 0.3) is 0 Å². The lowest BCUT2D eigenvalue weighted by atomic mass is 9.97. The van der Waals surface area contributed by atoms with E-state index in [1.807, 2.05) is 34.9 Å². The SMILES string of the molecule is CC(=O)N1CCC[C@H](c2nnc3n2CCN(C(=O)Cc2cccc(C)c2)CC3)C1. The van der Waals surface area contributed by atoms with Gasteiger partial charge in [-0.15, -0.1) is 10.2 Å². The summed E-state index contributed by atoms with van der Waals surface area (Å²) in [4.78, 5) is 28.5. The molecule has 1 aromatic carbocycles. The number of nitrogens with zero attached hydrogens (tertiary/aromatic N) is 5.